The molecular weight excluding hydrogens is 316 g/mol. The van der Waals surface area contributed by atoms with Crippen molar-refractivity contribution >= 4 is 34.8 Å². The molecule has 2 aromatic carbocycles. The second-order valence-electron chi connectivity index (χ2n) is 5.12. The van der Waals surface area contributed by atoms with E-state index in [9.17, 15) is 9.59 Å². The van der Waals surface area contributed by atoms with E-state index in [-0.39, 0.29) is 18.2 Å². The number of rotatable bonds is 2. The summed E-state index contributed by atoms with van der Waals surface area (Å²) in [6.07, 6.45) is 0.281. The van der Waals surface area contributed by atoms with E-state index in [0.29, 0.717) is 34.3 Å². The Morgan fingerprint density at radius 1 is 1.26 bits per heavy atom. The summed E-state index contributed by atoms with van der Waals surface area (Å²) in [5.41, 5.74) is 1.60. The first kappa shape index (κ1) is 15.4. The summed E-state index contributed by atoms with van der Waals surface area (Å²) in [7, 11) is 1.52. The first-order valence-corrected chi connectivity index (χ1v) is 7.52. The number of carbonyl (C=O) groups is 2. The summed E-state index contributed by atoms with van der Waals surface area (Å²) in [6, 6.07) is 11.8. The number of nitrogens with zero attached hydrogens (tertiary/aromatic N) is 1. The summed E-state index contributed by atoms with van der Waals surface area (Å²) in [6.45, 7) is 0.304. The molecule has 3 rings (SSSR count). The number of ether oxygens (including phenoxy) is 1. The van der Waals surface area contributed by atoms with Crippen molar-refractivity contribution in [1.82, 2.24) is 0 Å². The maximum Gasteiger partial charge on any atom is 0.326 e. The maximum atomic E-state index is 12.6. The van der Waals surface area contributed by atoms with Crippen LogP contribution in [0.5, 0.6) is 5.75 Å². The standard InChI is InChI=1S/C17H15ClN2O3/c1-23-15-7-3-6-13-14(21)8-9-20(16(13)15)17(22)19-12-5-2-4-11(18)10-12/h2-7,10H,8-9H2,1H3,(H,19,22). The Morgan fingerprint density at radius 3 is 2.78 bits per heavy atom. The normalized spacial score (nSPS) is 13.5. The molecular formula is C17H15ClN2O3. The monoisotopic (exact) mass is 330 g/mol. The zero-order valence-corrected chi connectivity index (χ0v) is 13.3. The van der Waals surface area contributed by atoms with Crippen LogP contribution in [0.25, 0.3) is 0 Å². The van der Waals surface area contributed by atoms with E-state index in [1.807, 2.05) is 0 Å². The molecule has 118 valence electrons. The highest BCUT2D eigenvalue weighted by Gasteiger charge is 2.30. The molecule has 6 heteroatoms. The van der Waals surface area contributed by atoms with Gasteiger partial charge in [0.15, 0.2) is 5.78 Å². The van der Waals surface area contributed by atoms with Crippen molar-refractivity contribution in [2.75, 3.05) is 23.9 Å². The number of hydrogen-bond acceptors (Lipinski definition) is 3. The smallest absolute Gasteiger partial charge is 0.326 e. The molecule has 0 radical (unpaired) electrons. The summed E-state index contributed by atoms with van der Waals surface area (Å²) in [5.74, 6) is 0.502. The van der Waals surface area contributed by atoms with Crippen LogP contribution in [-0.2, 0) is 0 Å². The Bertz CT molecular complexity index is 776. The van der Waals surface area contributed by atoms with E-state index in [0.717, 1.165) is 0 Å². The second kappa shape index (κ2) is 6.30. The van der Waals surface area contributed by atoms with E-state index in [1.54, 1.807) is 42.5 Å². The molecule has 2 amide bonds. The van der Waals surface area contributed by atoms with Crippen molar-refractivity contribution in [3.8, 4) is 5.75 Å². The third-order valence-electron chi connectivity index (χ3n) is 3.67. The van der Waals surface area contributed by atoms with Gasteiger partial charge in [-0.3, -0.25) is 9.69 Å². The van der Waals surface area contributed by atoms with Crippen LogP contribution in [0, 0.1) is 0 Å². The summed E-state index contributed by atoms with van der Waals surface area (Å²) < 4.78 is 5.32. The van der Waals surface area contributed by atoms with Crippen LogP contribution in [0.4, 0.5) is 16.2 Å². The topological polar surface area (TPSA) is 58.6 Å². The number of ketones is 1. The number of carbonyl (C=O) groups excluding carboxylic acids is 2. The van der Waals surface area contributed by atoms with Crippen molar-refractivity contribution in [3.05, 3.63) is 53.1 Å². The SMILES string of the molecule is COc1cccc2c1N(C(=O)Nc1cccc(Cl)c1)CCC2=O. The van der Waals surface area contributed by atoms with Crippen molar-refractivity contribution in [2.24, 2.45) is 0 Å². The zero-order chi connectivity index (χ0) is 16.4. The minimum absolute atomic E-state index is 0.00528. The van der Waals surface area contributed by atoms with Crippen LogP contribution in [-0.4, -0.2) is 25.5 Å². The van der Waals surface area contributed by atoms with E-state index < -0.39 is 0 Å². The van der Waals surface area contributed by atoms with Gasteiger partial charge in [0.1, 0.15) is 5.75 Å². The van der Waals surface area contributed by atoms with E-state index >= 15 is 0 Å². The Morgan fingerprint density at radius 2 is 2.04 bits per heavy atom. The van der Waals surface area contributed by atoms with Gasteiger partial charge in [0.25, 0.3) is 0 Å². The molecule has 0 unspecified atom stereocenters. The van der Waals surface area contributed by atoms with Crippen molar-refractivity contribution in [1.29, 1.82) is 0 Å². The summed E-state index contributed by atoms with van der Waals surface area (Å²) >= 11 is 5.93. The molecule has 0 fully saturated rings. The van der Waals surface area contributed by atoms with Gasteiger partial charge in [0, 0.05) is 29.2 Å². The van der Waals surface area contributed by atoms with Crippen molar-refractivity contribution in [2.45, 2.75) is 6.42 Å². The average molecular weight is 331 g/mol. The number of nitrogens with one attached hydrogen (secondary N) is 1. The minimum atomic E-state index is -0.328. The van der Waals surface area contributed by atoms with Crippen molar-refractivity contribution in [3.63, 3.8) is 0 Å². The lowest BCUT2D eigenvalue weighted by molar-refractivity contribution is 0.0980. The summed E-state index contributed by atoms with van der Waals surface area (Å²) in [4.78, 5) is 26.2. The Balaban J connectivity index is 1.94. The fourth-order valence-electron chi connectivity index (χ4n) is 2.61. The van der Waals surface area contributed by atoms with Gasteiger partial charge in [-0.2, -0.15) is 0 Å². The quantitative estimate of drug-likeness (QED) is 0.906. The van der Waals surface area contributed by atoms with E-state index in [4.69, 9.17) is 16.3 Å². The molecule has 0 bridgehead atoms. The molecule has 0 aliphatic carbocycles. The molecule has 0 saturated heterocycles. The number of urea groups is 1. The van der Waals surface area contributed by atoms with Gasteiger partial charge in [-0.1, -0.05) is 23.7 Å². The van der Waals surface area contributed by atoms with Crippen LogP contribution in [0.1, 0.15) is 16.8 Å². The first-order chi connectivity index (χ1) is 11.1. The Kier molecular flexibility index (Phi) is 4.21. The predicted molar refractivity (Wildman–Crippen MR) is 89.8 cm³/mol. The number of para-hydroxylation sites is 1. The lowest BCUT2D eigenvalue weighted by atomic mass is 10.00. The van der Waals surface area contributed by atoms with Crippen molar-refractivity contribution < 1.29 is 14.3 Å². The minimum Gasteiger partial charge on any atom is -0.495 e. The first-order valence-electron chi connectivity index (χ1n) is 7.14. The number of anilines is 2. The number of fused-ring (bicyclic) bond motifs is 1. The van der Waals surface area contributed by atoms with Gasteiger partial charge in [-0.25, -0.2) is 4.79 Å². The van der Waals surface area contributed by atoms with Crippen LogP contribution >= 0.6 is 11.6 Å². The average Bonchev–Trinajstić information content (AvgIpc) is 2.54. The van der Waals surface area contributed by atoms with Crippen LogP contribution in [0.3, 0.4) is 0 Å². The molecule has 23 heavy (non-hydrogen) atoms. The molecule has 1 aliphatic rings. The number of Topliss-reactive ketones (excluding diaryl/α,β-unsaturated/α-hetero) is 1. The van der Waals surface area contributed by atoms with E-state index in [1.165, 1.54) is 12.0 Å². The largest absolute Gasteiger partial charge is 0.495 e. The summed E-state index contributed by atoms with van der Waals surface area (Å²) in [5, 5.41) is 3.33. The molecule has 1 heterocycles. The molecule has 0 atom stereocenters. The number of amides is 2. The van der Waals surface area contributed by atoms with Crippen LogP contribution in [0.15, 0.2) is 42.5 Å². The fourth-order valence-corrected chi connectivity index (χ4v) is 2.80. The third-order valence-corrected chi connectivity index (χ3v) is 3.91. The van der Waals surface area contributed by atoms with Crippen LogP contribution < -0.4 is 15.0 Å². The highest BCUT2D eigenvalue weighted by atomic mass is 35.5. The van der Waals surface area contributed by atoms with Gasteiger partial charge in [0.2, 0.25) is 0 Å². The lowest BCUT2D eigenvalue weighted by Crippen LogP contribution is -2.40. The van der Waals surface area contributed by atoms with Gasteiger partial charge in [-0.15, -0.1) is 0 Å². The second-order valence-corrected chi connectivity index (χ2v) is 5.56. The van der Waals surface area contributed by atoms with Gasteiger partial charge >= 0.3 is 6.03 Å². The lowest BCUT2D eigenvalue weighted by Gasteiger charge is -2.30. The number of methoxy groups -OCH3 is 1. The van der Waals surface area contributed by atoms with Gasteiger partial charge in [-0.05, 0) is 30.3 Å². The van der Waals surface area contributed by atoms with E-state index in [2.05, 4.69) is 5.32 Å². The molecule has 2 aromatic rings. The highest BCUT2D eigenvalue weighted by Crippen LogP contribution is 2.36. The predicted octanol–water partition coefficient (Wildman–Crippen LogP) is 3.97. The van der Waals surface area contributed by atoms with Crippen LogP contribution in [0.2, 0.25) is 5.02 Å². The zero-order valence-electron chi connectivity index (χ0n) is 12.5. The van der Waals surface area contributed by atoms with Gasteiger partial charge in [0.05, 0.1) is 12.8 Å². The molecule has 5 nitrogen and oxygen atoms in total. The third kappa shape index (κ3) is 3.00. The molecule has 1 aliphatic heterocycles. The maximum absolute atomic E-state index is 12.6. The highest BCUT2D eigenvalue weighted by molar-refractivity contribution is 6.31. The number of hydrogen-bond donors (Lipinski definition) is 1. The molecule has 0 saturated carbocycles. The Labute approximate surface area is 138 Å². The molecule has 0 spiro atoms. The van der Waals surface area contributed by atoms with Gasteiger partial charge < -0.3 is 10.1 Å². The molecule has 1 N–H and O–H groups in total. The number of halogens is 1. The Hall–Kier alpha value is -2.53. The molecule has 0 aromatic heterocycles. The fraction of sp³-hybridized carbons (Fsp3) is 0.176. The number of benzene rings is 2.